The van der Waals surface area contributed by atoms with Gasteiger partial charge < -0.3 is 20.5 Å². The molecule has 1 amide bonds. The van der Waals surface area contributed by atoms with Gasteiger partial charge in [-0.15, -0.1) is 0 Å². The molecule has 2 unspecified atom stereocenters. The maximum atomic E-state index is 12.5. The van der Waals surface area contributed by atoms with Gasteiger partial charge in [0.2, 0.25) is 5.91 Å². The van der Waals surface area contributed by atoms with Gasteiger partial charge in [0.05, 0.1) is 25.7 Å². The van der Waals surface area contributed by atoms with Crippen molar-refractivity contribution in [3.05, 3.63) is 0 Å². The molecule has 0 aromatic rings. The number of hydrogen-bond acceptors (Lipinski definition) is 4. The second-order valence-corrected chi connectivity index (χ2v) is 5.35. The summed E-state index contributed by atoms with van der Waals surface area (Å²) in [6.45, 7) is 1.33. The van der Waals surface area contributed by atoms with Crippen LogP contribution in [0.15, 0.2) is 0 Å². The van der Waals surface area contributed by atoms with Gasteiger partial charge in [0.15, 0.2) is 0 Å². The molecule has 3 N–H and O–H groups in total. The minimum atomic E-state index is -0.224. The number of carbonyl (C=O) groups is 1. The Kier molecular flexibility index (Phi) is 4.97. The first-order valence-electron chi connectivity index (χ1n) is 6.98. The van der Waals surface area contributed by atoms with E-state index in [2.05, 4.69) is 0 Å². The highest BCUT2D eigenvalue weighted by Crippen LogP contribution is 2.25. The molecule has 2 rings (SSSR count). The summed E-state index contributed by atoms with van der Waals surface area (Å²) in [5.41, 5.74) is 5.91. The molecule has 1 heterocycles. The molecule has 1 aliphatic heterocycles. The van der Waals surface area contributed by atoms with Crippen LogP contribution < -0.4 is 5.73 Å². The maximum absolute atomic E-state index is 12.5. The average Bonchev–Trinajstić information content (AvgIpc) is 2.82. The van der Waals surface area contributed by atoms with Gasteiger partial charge in [-0.2, -0.15) is 0 Å². The van der Waals surface area contributed by atoms with Crippen molar-refractivity contribution in [1.82, 2.24) is 4.90 Å². The van der Waals surface area contributed by atoms with Gasteiger partial charge in [-0.05, 0) is 12.8 Å². The predicted octanol–water partition coefficient (Wildman–Crippen LogP) is 0.114. The number of aliphatic hydroxyl groups is 1. The molecule has 1 aliphatic carbocycles. The van der Waals surface area contributed by atoms with E-state index < -0.39 is 0 Å². The van der Waals surface area contributed by atoms with Crippen LogP contribution in [0.1, 0.15) is 32.1 Å². The molecule has 2 fully saturated rings. The normalized spacial score (nSPS) is 29.4. The minimum Gasteiger partial charge on any atom is -0.395 e. The number of aliphatic hydroxyl groups excluding tert-OH is 1. The zero-order chi connectivity index (χ0) is 13.0. The van der Waals surface area contributed by atoms with E-state index in [0.717, 1.165) is 12.8 Å². The molecule has 18 heavy (non-hydrogen) atoms. The number of carbonyl (C=O) groups excluding carboxylic acids is 1. The lowest BCUT2D eigenvalue weighted by molar-refractivity contribution is -0.139. The Morgan fingerprint density at radius 1 is 1.28 bits per heavy atom. The second kappa shape index (κ2) is 6.50. The molecule has 0 aromatic carbocycles. The lowest BCUT2D eigenvalue weighted by Crippen LogP contribution is -2.49. The Bertz CT molecular complexity index is 279. The first-order chi connectivity index (χ1) is 8.74. The van der Waals surface area contributed by atoms with Gasteiger partial charge in [-0.1, -0.05) is 19.3 Å². The molecule has 2 aliphatic rings. The van der Waals surface area contributed by atoms with E-state index >= 15 is 0 Å². The molecule has 0 bridgehead atoms. The van der Waals surface area contributed by atoms with E-state index in [1.807, 2.05) is 4.90 Å². The van der Waals surface area contributed by atoms with Crippen molar-refractivity contribution in [1.29, 1.82) is 0 Å². The van der Waals surface area contributed by atoms with E-state index in [1.165, 1.54) is 19.3 Å². The lowest BCUT2D eigenvalue weighted by atomic mass is 9.92. The minimum absolute atomic E-state index is 0.0189. The predicted molar refractivity (Wildman–Crippen MR) is 68.0 cm³/mol. The monoisotopic (exact) mass is 256 g/mol. The molecule has 5 nitrogen and oxygen atoms in total. The highest BCUT2D eigenvalue weighted by atomic mass is 16.5. The van der Waals surface area contributed by atoms with Crippen LogP contribution in [0.5, 0.6) is 0 Å². The van der Waals surface area contributed by atoms with Crippen LogP contribution in [0.3, 0.4) is 0 Å². The summed E-state index contributed by atoms with van der Waals surface area (Å²) in [6, 6.07) is 0.0912. The summed E-state index contributed by atoms with van der Waals surface area (Å²) >= 11 is 0. The Morgan fingerprint density at radius 2 is 2.00 bits per heavy atom. The summed E-state index contributed by atoms with van der Waals surface area (Å²) in [7, 11) is 0. The smallest absolute Gasteiger partial charge is 0.230 e. The Morgan fingerprint density at radius 3 is 2.56 bits per heavy atom. The van der Waals surface area contributed by atoms with Crippen LogP contribution in [0.25, 0.3) is 0 Å². The first-order valence-corrected chi connectivity index (χ1v) is 6.98. The van der Waals surface area contributed by atoms with Crippen molar-refractivity contribution in [3.8, 4) is 0 Å². The molecule has 5 heteroatoms. The van der Waals surface area contributed by atoms with Crippen LogP contribution in [0.2, 0.25) is 0 Å². The Balaban J connectivity index is 2.01. The molecule has 1 saturated carbocycles. The van der Waals surface area contributed by atoms with E-state index in [-0.39, 0.29) is 30.5 Å². The number of nitrogens with two attached hydrogens (primary N) is 1. The van der Waals surface area contributed by atoms with Crippen LogP contribution >= 0.6 is 0 Å². The summed E-state index contributed by atoms with van der Waals surface area (Å²) in [5, 5.41) is 9.17. The third kappa shape index (κ3) is 3.02. The van der Waals surface area contributed by atoms with Gasteiger partial charge in [-0.25, -0.2) is 0 Å². The van der Waals surface area contributed by atoms with E-state index in [9.17, 15) is 4.79 Å². The molecule has 2 atom stereocenters. The number of hydrogen-bond donors (Lipinski definition) is 2. The third-order valence-corrected chi connectivity index (χ3v) is 4.08. The van der Waals surface area contributed by atoms with Gasteiger partial charge in [0, 0.05) is 18.6 Å². The van der Waals surface area contributed by atoms with Crippen molar-refractivity contribution in [2.45, 2.75) is 44.2 Å². The van der Waals surface area contributed by atoms with Crippen LogP contribution in [-0.2, 0) is 9.53 Å². The summed E-state index contributed by atoms with van der Waals surface area (Å²) in [6.07, 6.45) is 5.70. The molecule has 104 valence electrons. The quantitative estimate of drug-likeness (QED) is 0.749. The molecule has 1 saturated heterocycles. The van der Waals surface area contributed by atoms with E-state index in [4.69, 9.17) is 15.6 Å². The Labute approximate surface area is 108 Å². The van der Waals surface area contributed by atoms with Crippen molar-refractivity contribution in [2.75, 3.05) is 26.4 Å². The SMILES string of the molecule is NC1COCC1C(=O)N(CCO)C1CCCCC1. The van der Waals surface area contributed by atoms with Crippen LogP contribution in [0, 0.1) is 5.92 Å². The van der Waals surface area contributed by atoms with Crippen molar-refractivity contribution < 1.29 is 14.6 Å². The van der Waals surface area contributed by atoms with Crippen molar-refractivity contribution in [2.24, 2.45) is 11.7 Å². The first kappa shape index (κ1) is 13.8. The van der Waals surface area contributed by atoms with Crippen LogP contribution in [-0.4, -0.2) is 54.4 Å². The fraction of sp³-hybridized carbons (Fsp3) is 0.923. The Hall–Kier alpha value is -0.650. The van der Waals surface area contributed by atoms with Crippen molar-refractivity contribution in [3.63, 3.8) is 0 Å². The van der Waals surface area contributed by atoms with E-state index in [0.29, 0.717) is 19.8 Å². The van der Waals surface area contributed by atoms with Crippen LogP contribution in [0.4, 0.5) is 0 Å². The van der Waals surface area contributed by atoms with E-state index in [1.54, 1.807) is 0 Å². The summed E-state index contributed by atoms with van der Waals surface area (Å²) in [4.78, 5) is 14.3. The zero-order valence-corrected chi connectivity index (χ0v) is 10.9. The number of nitrogens with zero attached hydrogens (tertiary/aromatic N) is 1. The second-order valence-electron chi connectivity index (χ2n) is 5.35. The fourth-order valence-corrected chi connectivity index (χ4v) is 3.01. The maximum Gasteiger partial charge on any atom is 0.230 e. The largest absolute Gasteiger partial charge is 0.395 e. The highest BCUT2D eigenvalue weighted by Gasteiger charge is 2.36. The molecular formula is C13H24N2O3. The topological polar surface area (TPSA) is 75.8 Å². The standard InChI is InChI=1S/C13H24N2O3/c14-12-9-18-8-11(12)13(17)15(6-7-16)10-4-2-1-3-5-10/h10-12,16H,1-9,14H2. The fourth-order valence-electron chi connectivity index (χ4n) is 3.01. The molecular weight excluding hydrogens is 232 g/mol. The number of amides is 1. The highest BCUT2D eigenvalue weighted by molar-refractivity contribution is 5.80. The van der Waals surface area contributed by atoms with Gasteiger partial charge in [-0.3, -0.25) is 4.79 Å². The summed E-state index contributed by atoms with van der Waals surface area (Å²) < 4.78 is 5.27. The number of rotatable bonds is 4. The molecule has 0 aromatic heterocycles. The average molecular weight is 256 g/mol. The van der Waals surface area contributed by atoms with Gasteiger partial charge in [0.1, 0.15) is 0 Å². The summed E-state index contributed by atoms with van der Waals surface area (Å²) in [5.74, 6) is -0.153. The third-order valence-electron chi connectivity index (χ3n) is 4.08. The molecule has 0 radical (unpaired) electrons. The van der Waals surface area contributed by atoms with Gasteiger partial charge in [0.25, 0.3) is 0 Å². The van der Waals surface area contributed by atoms with Crippen molar-refractivity contribution >= 4 is 5.91 Å². The molecule has 0 spiro atoms. The van der Waals surface area contributed by atoms with Gasteiger partial charge >= 0.3 is 0 Å². The zero-order valence-electron chi connectivity index (χ0n) is 10.9. The lowest BCUT2D eigenvalue weighted by Gasteiger charge is -2.36. The number of ether oxygens (including phenoxy) is 1.